The largest absolute Gasteiger partial charge is 0.295 e. The van der Waals surface area contributed by atoms with Crippen molar-refractivity contribution >= 4 is 11.6 Å². The van der Waals surface area contributed by atoms with Crippen LogP contribution in [0.25, 0.3) is 0 Å². The topological polar surface area (TPSA) is 34.1 Å². The summed E-state index contributed by atoms with van der Waals surface area (Å²) < 4.78 is 0. The maximum atomic E-state index is 12.5. The molecule has 108 valence electrons. The van der Waals surface area contributed by atoms with Crippen molar-refractivity contribution in [3.05, 3.63) is 83.9 Å². The van der Waals surface area contributed by atoms with Gasteiger partial charge in [-0.15, -0.1) is 0 Å². The zero-order valence-corrected chi connectivity index (χ0v) is 12.1. The number of carbonyl (C=O) groups is 2. The van der Waals surface area contributed by atoms with Gasteiger partial charge in [-0.25, -0.2) is 0 Å². The molecule has 0 N–H and O–H groups in total. The molecule has 2 aromatic rings. The minimum Gasteiger partial charge on any atom is -0.295 e. The zero-order chi connectivity index (χ0) is 15.2. The van der Waals surface area contributed by atoms with Gasteiger partial charge in [-0.1, -0.05) is 60.7 Å². The van der Waals surface area contributed by atoms with Crippen LogP contribution in [-0.4, -0.2) is 11.6 Å². The minimum atomic E-state index is -0.370. The van der Waals surface area contributed by atoms with E-state index < -0.39 is 0 Å². The van der Waals surface area contributed by atoms with Crippen LogP contribution in [0.1, 0.15) is 17.5 Å². The predicted octanol–water partition coefficient (Wildman–Crippen LogP) is 3.32. The van der Waals surface area contributed by atoms with Crippen molar-refractivity contribution in [3.63, 3.8) is 0 Å². The summed E-state index contributed by atoms with van der Waals surface area (Å²) in [5.74, 6) is -0.275. The van der Waals surface area contributed by atoms with Crippen LogP contribution in [0.5, 0.6) is 0 Å². The summed E-state index contributed by atoms with van der Waals surface area (Å²) in [4.78, 5) is 24.6. The van der Waals surface area contributed by atoms with E-state index in [1.807, 2.05) is 36.4 Å². The first-order valence-electron chi connectivity index (χ1n) is 7.60. The van der Waals surface area contributed by atoms with Gasteiger partial charge in [0.05, 0.1) is 0 Å². The molecule has 2 heteroatoms. The predicted molar refractivity (Wildman–Crippen MR) is 84.4 cm³/mol. The van der Waals surface area contributed by atoms with Gasteiger partial charge in [0.2, 0.25) is 0 Å². The number of fused-ring (bicyclic) bond motifs is 1. The second-order valence-corrected chi connectivity index (χ2v) is 6.13. The average Bonchev–Trinajstić information content (AvgIpc) is 2.53. The number of carbonyl (C=O) groups excluding carboxylic acids is 2. The first-order chi connectivity index (χ1) is 10.7. The van der Waals surface area contributed by atoms with Gasteiger partial charge in [-0.3, -0.25) is 9.59 Å². The van der Waals surface area contributed by atoms with E-state index >= 15 is 0 Å². The lowest BCUT2D eigenvalue weighted by molar-refractivity contribution is -0.139. The standard InChI is InChI=1S/C20H16O2/c21-17-11-12-18(22)19-16(17)13-20(19,14-7-3-1-4-8-14)15-9-5-2-6-10-15/h1-12,16,19H,13H2. The van der Waals surface area contributed by atoms with Crippen molar-refractivity contribution < 1.29 is 9.59 Å². The van der Waals surface area contributed by atoms with E-state index in [0.717, 1.165) is 11.1 Å². The third kappa shape index (κ3) is 1.67. The summed E-state index contributed by atoms with van der Waals surface area (Å²) in [6.07, 6.45) is 3.62. The van der Waals surface area contributed by atoms with Crippen LogP contribution in [0.3, 0.4) is 0 Å². The number of hydrogen-bond acceptors (Lipinski definition) is 2. The molecule has 4 rings (SSSR count). The van der Waals surface area contributed by atoms with Crippen LogP contribution < -0.4 is 0 Å². The summed E-state index contributed by atoms with van der Waals surface area (Å²) >= 11 is 0. The molecule has 2 atom stereocenters. The number of hydrogen-bond donors (Lipinski definition) is 0. The first-order valence-corrected chi connectivity index (χ1v) is 7.60. The molecule has 0 heterocycles. The van der Waals surface area contributed by atoms with E-state index in [2.05, 4.69) is 24.3 Å². The van der Waals surface area contributed by atoms with Crippen molar-refractivity contribution in [1.82, 2.24) is 0 Å². The van der Waals surface area contributed by atoms with Crippen LogP contribution in [0, 0.1) is 11.8 Å². The molecule has 2 nitrogen and oxygen atoms in total. The fourth-order valence-corrected chi connectivity index (χ4v) is 4.10. The zero-order valence-electron chi connectivity index (χ0n) is 12.1. The van der Waals surface area contributed by atoms with E-state index in [9.17, 15) is 9.59 Å². The van der Waals surface area contributed by atoms with Gasteiger partial charge in [-0.05, 0) is 29.7 Å². The Labute approximate surface area is 129 Å². The molecule has 0 radical (unpaired) electrons. The summed E-state index contributed by atoms with van der Waals surface area (Å²) in [5, 5.41) is 0. The van der Waals surface area contributed by atoms with Crippen LogP contribution >= 0.6 is 0 Å². The fourth-order valence-electron chi connectivity index (χ4n) is 4.10. The molecule has 0 amide bonds. The number of ketones is 2. The van der Waals surface area contributed by atoms with E-state index in [0.29, 0.717) is 6.42 Å². The molecule has 2 unspecified atom stereocenters. The molecule has 22 heavy (non-hydrogen) atoms. The molecule has 0 saturated heterocycles. The SMILES string of the molecule is O=C1C=CC(=O)C2C1CC2(c1ccccc1)c1ccccc1. The summed E-state index contributed by atoms with van der Waals surface area (Å²) in [7, 11) is 0. The molecule has 2 aliphatic carbocycles. The lowest BCUT2D eigenvalue weighted by atomic mass is 9.45. The van der Waals surface area contributed by atoms with Crippen LogP contribution in [0.15, 0.2) is 72.8 Å². The van der Waals surface area contributed by atoms with E-state index in [1.54, 1.807) is 0 Å². The molecule has 0 aromatic heterocycles. The molecular formula is C20H16O2. The Morgan fingerprint density at radius 3 is 1.77 bits per heavy atom. The monoisotopic (exact) mass is 288 g/mol. The highest BCUT2D eigenvalue weighted by molar-refractivity contribution is 6.09. The molecule has 0 spiro atoms. The Balaban J connectivity index is 1.91. The average molecular weight is 288 g/mol. The second-order valence-electron chi connectivity index (χ2n) is 6.13. The Morgan fingerprint density at radius 2 is 1.23 bits per heavy atom. The molecule has 0 aliphatic heterocycles. The molecule has 1 saturated carbocycles. The summed E-state index contributed by atoms with van der Waals surface area (Å²) in [5.41, 5.74) is 1.88. The van der Waals surface area contributed by atoms with Crippen LogP contribution in [-0.2, 0) is 15.0 Å². The summed E-state index contributed by atoms with van der Waals surface area (Å²) in [6, 6.07) is 20.2. The van der Waals surface area contributed by atoms with Gasteiger partial charge in [0.25, 0.3) is 0 Å². The third-order valence-electron chi connectivity index (χ3n) is 5.14. The van der Waals surface area contributed by atoms with Gasteiger partial charge in [0, 0.05) is 17.3 Å². The van der Waals surface area contributed by atoms with Gasteiger partial charge in [0.1, 0.15) is 0 Å². The van der Waals surface area contributed by atoms with E-state index in [4.69, 9.17) is 0 Å². The quantitative estimate of drug-likeness (QED) is 0.849. The van der Waals surface area contributed by atoms with Gasteiger partial charge >= 0.3 is 0 Å². The molecule has 1 fully saturated rings. The van der Waals surface area contributed by atoms with Crippen molar-refractivity contribution in [2.45, 2.75) is 11.8 Å². The van der Waals surface area contributed by atoms with Crippen molar-refractivity contribution in [2.75, 3.05) is 0 Å². The minimum absolute atomic E-state index is 0.0727. The summed E-state index contributed by atoms with van der Waals surface area (Å²) in [6.45, 7) is 0. The molecule has 2 aliphatic rings. The lowest BCUT2D eigenvalue weighted by Gasteiger charge is -2.55. The van der Waals surface area contributed by atoms with Crippen molar-refractivity contribution in [3.8, 4) is 0 Å². The fraction of sp³-hybridized carbons (Fsp3) is 0.200. The first kappa shape index (κ1) is 13.2. The highest BCUT2D eigenvalue weighted by atomic mass is 16.1. The van der Waals surface area contributed by atoms with Crippen molar-refractivity contribution in [2.24, 2.45) is 11.8 Å². The van der Waals surface area contributed by atoms with Gasteiger partial charge in [0.15, 0.2) is 11.6 Å². The number of allylic oxidation sites excluding steroid dienone is 2. The Kier molecular flexibility index (Phi) is 2.86. The Hall–Kier alpha value is -2.48. The van der Waals surface area contributed by atoms with E-state index in [1.165, 1.54) is 12.2 Å². The molecule has 0 bridgehead atoms. The second kappa shape index (κ2) is 4.77. The van der Waals surface area contributed by atoms with Gasteiger partial charge < -0.3 is 0 Å². The highest BCUT2D eigenvalue weighted by Gasteiger charge is 2.61. The molecule has 2 aromatic carbocycles. The number of benzene rings is 2. The normalized spacial score (nSPS) is 25.5. The third-order valence-corrected chi connectivity index (χ3v) is 5.14. The number of rotatable bonds is 2. The van der Waals surface area contributed by atoms with E-state index in [-0.39, 0.29) is 28.8 Å². The highest BCUT2D eigenvalue weighted by Crippen LogP contribution is 2.58. The van der Waals surface area contributed by atoms with Crippen molar-refractivity contribution in [1.29, 1.82) is 0 Å². The Bertz CT molecular complexity index is 719. The van der Waals surface area contributed by atoms with Gasteiger partial charge in [-0.2, -0.15) is 0 Å². The Morgan fingerprint density at radius 1 is 0.727 bits per heavy atom. The maximum Gasteiger partial charge on any atom is 0.160 e. The van der Waals surface area contributed by atoms with Crippen LogP contribution in [0.2, 0.25) is 0 Å². The smallest absolute Gasteiger partial charge is 0.160 e. The molecular weight excluding hydrogens is 272 g/mol. The van der Waals surface area contributed by atoms with Crippen LogP contribution in [0.4, 0.5) is 0 Å². The maximum absolute atomic E-state index is 12.5. The lowest BCUT2D eigenvalue weighted by Crippen LogP contribution is -2.59.